The molecule has 0 saturated heterocycles. The summed E-state index contributed by atoms with van der Waals surface area (Å²) >= 11 is 0. The molecule has 0 amide bonds. The van der Waals surface area contributed by atoms with Crippen molar-refractivity contribution in [2.45, 2.75) is 26.3 Å². The van der Waals surface area contributed by atoms with Crippen LogP contribution in [0.15, 0.2) is 91.0 Å². The molecule has 1 N–H and O–H groups in total. The summed E-state index contributed by atoms with van der Waals surface area (Å²) in [5.41, 5.74) is 6.52. The molecule has 0 radical (unpaired) electrons. The number of phenolic OH excluding ortho intramolecular Hbond substituents is 1. The number of rotatable bonds is 3. The van der Waals surface area contributed by atoms with Gasteiger partial charge in [0, 0.05) is 5.56 Å². The Morgan fingerprint density at radius 2 is 1.53 bits per heavy atom. The summed E-state index contributed by atoms with van der Waals surface area (Å²) in [6, 6.07) is 29.9. The van der Waals surface area contributed by atoms with E-state index in [0.29, 0.717) is 0 Å². The zero-order valence-corrected chi connectivity index (χ0v) is 18.4. The van der Waals surface area contributed by atoms with Gasteiger partial charge in [0.05, 0.1) is 33.6 Å². The van der Waals surface area contributed by atoms with Crippen LogP contribution >= 0.6 is 0 Å². The predicted octanol–water partition coefficient (Wildman–Crippen LogP) is 5.91. The van der Waals surface area contributed by atoms with Crippen molar-refractivity contribution < 1.29 is 9.67 Å². The highest BCUT2D eigenvalue weighted by molar-refractivity contribution is 5.75. The number of imidazole rings is 1. The molecule has 0 fully saturated rings. The number of phenols is 1. The van der Waals surface area contributed by atoms with Crippen molar-refractivity contribution in [3.63, 3.8) is 0 Å². The van der Waals surface area contributed by atoms with Crippen molar-refractivity contribution >= 4 is 11.0 Å². The minimum absolute atomic E-state index is 0.0873. The van der Waals surface area contributed by atoms with E-state index in [1.165, 1.54) is 0 Å². The number of para-hydroxylation sites is 3. The Morgan fingerprint density at radius 1 is 0.812 bits per heavy atom. The number of benzene rings is 3. The molecule has 158 valence electrons. The first kappa shape index (κ1) is 20.0. The van der Waals surface area contributed by atoms with Gasteiger partial charge in [-0.25, -0.2) is 4.98 Å². The van der Waals surface area contributed by atoms with Crippen molar-refractivity contribution in [1.29, 1.82) is 0 Å². The number of nitrogens with zero attached hydrogens (tertiary/aromatic N) is 3. The van der Waals surface area contributed by atoms with Crippen molar-refractivity contribution in [3.8, 4) is 34.0 Å². The first-order valence-corrected chi connectivity index (χ1v) is 10.7. The highest BCUT2D eigenvalue weighted by atomic mass is 16.3. The molecule has 5 rings (SSSR count). The topological polar surface area (TPSA) is 41.9 Å². The van der Waals surface area contributed by atoms with E-state index in [4.69, 9.17) is 4.98 Å². The van der Waals surface area contributed by atoms with Gasteiger partial charge in [-0.1, -0.05) is 60.7 Å². The van der Waals surface area contributed by atoms with Crippen LogP contribution < -0.4 is 4.57 Å². The van der Waals surface area contributed by atoms with Crippen LogP contribution in [0.4, 0.5) is 0 Å². The van der Waals surface area contributed by atoms with Crippen LogP contribution in [0.5, 0.6) is 5.75 Å². The predicted molar refractivity (Wildman–Crippen MR) is 128 cm³/mol. The van der Waals surface area contributed by atoms with Crippen molar-refractivity contribution in [1.82, 2.24) is 9.55 Å². The summed E-state index contributed by atoms with van der Waals surface area (Å²) < 4.78 is 4.29. The Kier molecular flexibility index (Phi) is 4.78. The summed E-state index contributed by atoms with van der Waals surface area (Å²) in [5.74, 6) is 0.228. The summed E-state index contributed by atoms with van der Waals surface area (Å²) in [5, 5.41) is 10.2. The molecule has 2 heterocycles. The molecule has 4 heteroatoms. The van der Waals surface area contributed by atoms with Crippen LogP contribution in [0.2, 0.25) is 0 Å². The normalized spacial score (nSPS) is 11.7. The highest BCUT2D eigenvalue weighted by Gasteiger charge is 2.20. The minimum Gasteiger partial charge on any atom is -0.507 e. The lowest BCUT2D eigenvalue weighted by Gasteiger charge is -2.18. The molecule has 0 aliphatic rings. The Labute approximate surface area is 188 Å². The SMILES string of the molecule is CC(C)(C)[n+]1[c-]n(-c2cccc(-c3cccc(-c4ccccc4O)n3)c2)c2ccccc21. The van der Waals surface area contributed by atoms with Crippen LogP contribution in [0, 0.1) is 6.33 Å². The molecular formula is C28H25N3O. The first-order chi connectivity index (χ1) is 15.4. The maximum absolute atomic E-state index is 10.2. The molecule has 5 aromatic rings. The van der Waals surface area contributed by atoms with Gasteiger partial charge in [-0.2, -0.15) is 0 Å². The van der Waals surface area contributed by atoms with Gasteiger partial charge in [-0.05, 0) is 56.7 Å². The molecular weight excluding hydrogens is 394 g/mol. The maximum Gasteiger partial charge on any atom is 0.244 e. The molecule has 4 nitrogen and oxygen atoms in total. The van der Waals surface area contributed by atoms with E-state index >= 15 is 0 Å². The Hall–Kier alpha value is -3.92. The number of fused-ring (bicyclic) bond motifs is 1. The van der Waals surface area contributed by atoms with E-state index in [1.54, 1.807) is 6.07 Å². The number of aromatic nitrogens is 3. The van der Waals surface area contributed by atoms with Crippen LogP contribution in [0.3, 0.4) is 0 Å². The second-order valence-corrected chi connectivity index (χ2v) is 8.91. The van der Waals surface area contributed by atoms with Gasteiger partial charge in [0.1, 0.15) is 5.75 Å². The van der Waals surface area contributed by atoms with Gasteiger partial charge in [0.15, 0.2) is 0 Å². The average Bonchev–Trinajstić information content (AvgIpc) is 3.20. The largest absolute Gasteiger partial charge is 0.507 e. The smallest absolute Gasteiger partial charge is 0.244 e. The Balaban J connectivity index is 1.62. The zero-order valence-electron chi connectivity index (χ0n) is 18.4. The average molecular weight is 420 g/mol. The first-order valence-electron chi connectivity index (χ1n) is 10.7. The maximum atomic E-state index is 10.2. The number of aromatic hydroxyl groups is 1. The lowest BCUT2D eigenvalue weighted by molar-refractivity contribution is -0.734. The van der Waals surface area contributed by atoms with Gasteiger partial charge in [0.25, 0.3) is 0 Å². The quantitative estimate of drug-likeness (QED) is 0.292. The van der Waals surface area contributed by atoms with Crippen LogP contribution in [0.1, 0.15) is 20.8 Å². The van der Waals surface area contributed by atoms with E-state index in [9.17, 15) is 5.11 Å². The van der Waals surface area contributed by atoms with Crippen molar-refractivity contribution in [3.05, 3.63) is 97.3 Å². The molecule has 3 aromatic carbocycles. The van der Waals surface area contributed by atoms with Gasteiger partial charge in [-0.15, -0.1) is 0 Å². The van der Waals surface area contributed by atoms with Gasteiger partial charge in [0.2, 0.25) is 6.33 Å². The molecule has 0 unspecified atom stereocenters. The van der Waals surface area contributed by atoms with Crippen LogP contribution in [-0.4, -0.2) is 14.7 Å². The summed E-state index contributed by atoms with van der Waals surface area (Å²) in [4.78, 5) is 4.83. The molecule has 32 heavy (non-hydrogen) atoms. The van der Waals surface area contributed by atoms with E-state index in [1.807, 2.05) is 42.5 Å². The minimum atomic E-state index is -0.0873. The third kappa shape index (κ3) is 3.54. The monoisotopic (exact) mass is 419 g/mol. The Morgan fingerprint density at radius 3 is 2.34 bits per heavy atom. The fourth-order valence-corrected chi connectivity index (χ4v) is 4.00. The fourth-order valence-electron chi connectivity index (χ4n) is 4.00. The molecule has 0 aliphatic heterocycles. The Bertz CT molecular complexity index is 1430. The zero-order chi connectivity index (χ0) is 22.3. The number of hydrogen-bond acceptors (Lipinski definition) is 2. The molecule has 0 aliphatic carbocycles. The summed E-state index contributed by atoms with van der Waals surface area (Å²) in [6.07, 6.45) is 3.55. The third-order valence-electron chi connectivity index (χ3n) is 5.56. The molecule has 0 saturated carbocycles. The second-order valence-electron chi connectivity index (χ2n) is 8.91. The number of hydrogen-bond donors (Lipinski definition) is 1. The summed E-state index contributed by atoms with van der Waals surface area (Å²) in [6.45, 7) is 6.56. The van der Waals surface area contributed by atoms with E-state index in [-0.39, 0.29) is 11.3 Å². The van der Waals surface area contributed by atoms with Gasteiger partial charge in [-0.3, -0.25) is 0 Å². The van der Waals surface area contributed by atoms with E-state index in [2.05, 4.69) is 78.7 Å². The van der Waals surface area contributed by atoms with E-state index < -0.39 is 0 Å². The third-order valence-corrected chi connectivity index (χ3v) is 5.56. The van der Waals surface area contributed by atoms with Crippen molar-refractivity contribution in [2.75, 3.05) is 0 Å². The molecule has 0 bridgehead atoms. The van der Waals surface area contributed by atoms with Gasteiger partial charge >= 0.3 is 0 Å². The lowest BCUT2D eigenvalue weighted by Crippen LogP contribution is -2.49. The fraction of sp³-hybridized carbons (Fsp3) is 0.143. The van der Waals surface area contributed by atoms with E-state index in [0.717, 1.165) is 39.2 Å². The van der Waals surface area contributed by atoms with Crippen LogP contribution in [0.25, 0.3) is 39.2 Å². The second kappa shape index (κ2) is 7.65. The number of pyridine rings is 1. The standard InChI is InChI=1S/C28H25N3O/c1-28(2,3)31-19-30(25-15-5-6-16-26(25)31)21-11-8-10-20(18-21)23-13-9-14-24(29-23)22-12-4-7-17-27(22)32/h4-18,32H,1-3H3. The van der Waals surface area contributed by atoms with Crippen LogP contribution in [-0.2, 0) is 5.54 Å². The highest BCUT2D eigenvalue weighted by Crippen LogP contribution is 2.30. The molecule has 2 aromatic heterocycles. The molecule has 0 atom stereocenters. The lowest BCUT2D eigenvalue weighted by atomic mass is 10.1. The molecule has 0 spiro atoms. The van der Waals surface area contributed by atoms with Crippen molar-refractivity contribution in [2.24, 2.45) is 0 Å². The van der Waals surface area contributed by atoms with Gasteiger partial charge < -0.3 is 14.2 Å². The summed E-state index contributed by atoms with van der Waals surface area (Å²) in [7, 11) is 0.